The molecule has 0 aromatic heterocycles. The highest BCUT2D eigenvalue weighted by Gasteiger charge is 2.35. The third-order valence-electron chi connectivity index (χ3n) is 5.65. The van der Waals surface area contributed by atoms with E-state index in [-0.39, 0.29) is 36.3 Å². The molecule has 0 spiro atoms. The van der Waals surface area contributed by atoms with Gasteiger partial charge in [0, 0.05) is 12.0 Å². The number of terminal acetylenes is 1. The van der Waals surface area contributed by atoms with Gasteiger partial charge < -0.3 is 21.9 Å². The fourth-order valence-electron chi connectivity index (χ4n) is 4.21. The van der Waals surface area contributed by atoms with Crippen LogP contribution in [-0.4, -0.2) is 54.7 Å². The van der Waals surface area contributed by atoms with Crippen LogP contribution in [0.4, 0.5) is 0 Å². The summed E-state index contributed by atoms with van der Waals surface area (Å²) < 4.78 is 27.6. The minimum Gasteiger partial charge on any atom is -0.481 e. The molecule has 0 heterocycles. The highest BCUT2D eigenvalue weighted by Crippen LogP contribution is 2.28. The molecule has 2 saturated carbocycles. The molecule has 0 aromatic rings. The van der Waals surface area contributed by atoms with E-state index < -0.39 is 33.7 Å². The average molecular weight is 442 g/mol. The number of hydrogen-bond acceptors (Lipinski definition) is 5. The Morgan fingerprint density at radius 3 is 2.50 bits per heavy atom. The van der Waals surface area contributed by atoms with Gasteiger partial charge in [-0.1, -0.05) is 18.8 Å². The average Bonchev–Trinajstić information content (AvgIpc) is 2.66. The van der Waals surface area contributed by atoms with Crippen LogP contribution in [0.15, 0.2) is 4.99 Å². The number of amides is 1. The number of carboxylic acids is 1. The van der Waals surface area contributed by atoms with E-state index in [1.54, 1.807) is 0 Å². The second-order valence-electron chi connectivity index (χ2n) is 8.05. The van der Waals surface area contributed by atoms with E-state index in [4.69, 9.17) is 23.0 Å². The van der Waals surface area contributed by atoms with E-state index in [1.165, 1.54) is 0 Å². The van der Waals surface area contributed by atoms with Crippen LogP contribution in [-0.2, 0) is 19.6 Å². The molecule has 2 fully saturated rings. The Kier molecular flexibility index (Phi) is 8.49. The Labute approximate surface area is 177 Å². The van der Waals surface area contributed by atoms with Gasteiger partial charge in [0.2, 0.25) is 15.9 Å². The zero-order chi connectivity index (χ0) is 22.3. The van der Waals surface area contributed by atoms with E-state index in [0.717, 1.165) is 19.3 Å². The van der Waals surface area contributed by atoms with Gasteiger partial charge in [0.25, 0.3) is 0 Å². The zero-order valence-electron chi connectivity index (χ0n) is 16.9. The normalized spacial score (nSPS) is 28.0. The fraction of sp³-hybridized carbons (Fsp3) is 0.737. The van der Waals surface area contributed by atoms with Gasteiger partial charge in [-0.25, -0.2) is 8.42 Å². The maximum absolute atomic E-state index is 12.7. The molecule has 0 aliphatic heterocycles. The first-order valence-corrected chi connectivity index (χ1v) is 11.7. The van der Waals surface area contributed by atoms with Crippen molar-refractivity contribution in [3.05, 3.63) is 0 Å². The summed E-state index contributed by atoms with van der Waals surface area (Å²) in [5, 5.41) is 11.1. The molecule has 4 unspecified atom stereocenters. The molecule has 0 bridgehead atoms. The summed E-state index contributed by atoms with van der Waals surface area (Å²) in [7, 11) is -3.81. The van der Waals surface area contributed by atoms with Crippen molar-refractivity contribution in [1.82, 2.24) is 10.0 Å². The van der Waals surface area contributed by atoms with E-state index in [2.05, 4.69) is 21.0 Å². The minimum absolute atomic E-state index is 0.0158. The lowest BCUT2D eigenvalue weighted by Crippen LogP contribution is -2.48. The summed E-state index contributed by atoms with van der Waals surface area (Å²) in [6.07, 6.45) is 9.79. The van der Waals surface area contributed by atoms with Crippen LogP contribution >= 0.6 is 0 Å². The predicted octanol–water partition coefficient (Wildman–Crippen LogP) is -0.358. The number of nitrogens with one attached hydrogen (secondary N) is 2. The molecule has 7 N–H and O–H groups in total. The van der Waals surface area contributed by atoms with Crippen LogP contribution in [0.1, 0.15) is 57.8 Å². The molecule has 0 aromatic carbocycles. The standard InChI is InChI=1S/C19H31N5O5S/c1-2-13(11-17(25)26)24-30(28,29)16-8-4-7-15(10-16)22-18(27)12-5-3-6-14(9-12)23-19(20)21/h1,12-16,24H,3-11H2,(H,22,27)(H,25,26)(H4,20,21,23)/t12?,13-,14?,15?,16?/m1/s1. The molecule has 2 aliphatic carbocycles. The quantitative estimate of drug-likeness (QED) is 0.194. The summed E-state index contributed by atoms with van der Waals surface area (Å²) in [6, 6.07) is -1.43. The molecule has 10 nitrogen and oxygen atoms in total. The van der Waals surface area contributed by atoms with Crippen molar-refractivity contribution in [2.24, 2.45) is 22.4 Å². The molecule has 5 atom stereocenters. The van der Waals surface area contributed by atoms with Gasteiger partial charge in [0.05, 0.1) is 23.8 Å². The van der Waals surface area contributed by atoms with Crippen molar-refractivity contribution in [3.63, 3.8) is 0 Å². The summed E-state index contributed by atoms with van der Waals surface area (Å²) in [4.78, 5) is 27.7. The van der Waals surface area contributed by atoms with E-state index >= 15 is 0 Å². The minimum atomic E-state index is -3.81. The van der Waals surface area contributed by atoms with Crippen LogP contribution in [0.3, 0.4) is 0 Å². The smallest absolute Gasteiger partial charge is 0.305 e. The maximum Gasteiger partial charge on any atom is 0.305 e. The van der Waals surface area contributed by atoms with Crippen molar-refractivity contribution in [1.29, 1.82) is 0 Å². The molecule has 2 rings (SSSR count). The second-order valence-corrected chi connectivity index (χ2v) is 10.0. The van der Waals surface area contributed by atoms with Gasteiger partial charge in [0.1, 0.15) is 0 Å². The first-order chi connectivity index (χ1) is 14.1. The number of carbonyl (C=O) groups is 2. The predicted molar refractivity (Wildman–Crippen MR) is 113 cm³/mol. The lowest BCUT2D eigenvalue weighted by Gasteiger charge is -2.32. The van der Waals surface area contributed by atoms with Gasteiger partial charge >= 0.3 is 5.97 Å². The topological polar surface area (TPSA) is 177 Å². The Hall–Kier alpha value is -2.32. The zero-order valence-corrected chi connectivity index (χ0v) is 17.7. The van der Waals surface area contributed by atoms with Gasteiger partial charge in [-0.05, 0) is 38.5 Å². The largest absolute Gasteiger partial charge is 0.481 e. The number of carboxylic acid groups (broad SMARTS) is 1. The van der Waals surface area contributed by atoms with Crippen LogP contribution in [0.25, 0.3) is 0 Å². The highest BCUT2D eigenvalue weighted by atomic mass is 32.2. The summed E-state index contributed by atoms with van der Waals surface area (Å²) >= 11 is 0. The number of guanidine groups is 1. The van der Waals surface area contributed by atoms with Crippen LogP contribution in [0.2, 0.25) is 0 Å². The van der Waals surface area contributed by atoms with Gasteiger partial charge in [-0.15, -0.1) is 6.42 Å². The summed E-state index contributed by atoms with van der Waals surface area (Å²) in [6.45, 7) is 0. The molecule has 1 amide bonds. The number of rotatable bonds is 8. The Morgan fingerprint density at radius 1 is 1.17 bits per heavy atom. The SMILES string of the molecule is C#C[C@H](CC(=O)O)NS(=O)(=O)C1CCCC(NC(=O)C2CCCC(N=C(N)N)C2)C1. The fourth-order valence-corrected chi connectivity index (χ4v) is 5.91. The molecule has 168 valence electrons. The van der Waals surface area contributed by atoms with Crippen LogP contribution in [0, 0.1) is 18.3 Å². The first kappa shape index (κ1) is 24.0. The number of hydrogen-bond donors (Lipinski definition) is 5. The molecular weight excluding hydrogens is 410 g/mol. The van der Waals surface area contributed by atoms with E-state index in [9.17, 15) is 18.0 Å². The Balaban J connectivity index is 1.94. The number of aliphatic imine (C=N–C) groups is 1. The Bertz CT molecular complexity index is 803. The van der Waals surface area contributed by atoms with Crippen LogP contribution in [0.5, 0.6) is 0 Å². The van der Waals surface area contributed by atoms with Crippen molar-refractivity contribution < 1.29 is 23.1 Å². The molecule has 0 saturated heterocycles. The summed E-state index contributed by atoms with van der Waals surface area (Å²) in [5.74, 6) is 0.691. The maximum atomic E-state index is 12.7. The van der Waals surface area contributed by atoms with E-state index in [0.29, 0.717) is 25.7 Å². The molecule has 30 heavy (non-hydrogen) atoms. The van der Waals surface area contributed by atoms with Crippen molar-refractivity contribution in [2.45, 2.75) is 81.2 Å². The Morgan fingerprint density at radius 2 is 1.87 bits per heavy atom. The monoisotopic (exact) mass is 441 g/mol. The van der Waals surface area contributed by atoms with Gasteiger partial charge in [0.15, 0.2) is 5.96 Å². The lowest BCUT2D eigenvalue weighted by atomic mass is 9.84. The third kappa shape index (κ3) is 7.18. The highest BCUT2D eigenvalue weighted by molar-refractivity contribution is 7.90. The number of nitrogens with zero attached hydrogens (tertiary/aromatic N) is 1. The number of sulfonamides is 1. The number of aliphatic carboxylic acids is 1. The van der Waals surface area contributed by atoms with Crippen molar-refractivity contribution in [2.75, 3.05) is 0 Å². The van der Waals surface area contributed by atoms with Crippen molar-refractivity contribution in [3.8, 4) is 12.3 Å². The first-order valence-electron chi connectivity index (χ1n) is 10.2. The second kappa shape index (κ2) is 10.6. The number of carbonyl (C=O) groups excluding carboxylic acids is 1. The van der Waals surface area contributed by atoms with Gasteiger partial charge in [-0.3, -0.25) is 14.6 Å². The lowest BCUT2D eigenvalue weighted by molar-refractivity contribution is -0.137. The summed E-state index contributed by atoms with van der Waals surface area (Å²) in [5.41, 5.74) is 10.9. The van der Waals surface area contributed by atoms with Crippen LogP contribution < -0.4 is 21.5 Å². The molecule has 2 aliphatic rings. The van der Waals surface area contributed by atoms with Gasteiger partial charge in [-0.2, -0.15) is 4.72 Å². The van der Waals surface area contributed by atoms with E-state index in [1.807, 2.05) is 0 Å². The molecule has 0 radical (unpaired) electrons. The molecule has 11 heteroatoms. The molecular formula is C19H31N5O5S. The number of nitrogens with two attached hydrogens (primary N) is 2. The van der Waals surface area contributed by atoms with Crippen molar-refractivity contribution >= 4 is 27.9 Å². The third-order valence-corrected chi connectivity index (χ3v) is 7.57.